The molecule has 2 aromatic heterocycles. The zero-order valence-electron chi connectivity index (χ0n) is 19.5. The van der Waals surface area contributed by atoms with E-state index < -0.39 is 0 Å². The topological polar surface area (TPSA) is 51.6 Å². The van der Waals surface area contributed by atoms with Crippen molar-refractivity contribution in [3.8, 4) is 0 Å². The highest BCUT2D eigenvalue weighted by atomic mass is 14.9. The third-order valence-electron chi connectivity index (χ3n) is 5.60. The van der Waals surface area contributed by atoms with Gasteiger partial charge in [-0.1, -0.05) is 69.2 Å². The van der Waals surface area contributed by atoms with E-state index >= 15 is 0 Å². The Hall–Kier alpha value is -1.84. The van der Waals surface area contributed by atoms with Crippen molar-refractivity contribution in [3.63, 3.8) is 0 Å². The average molecular weight is 383 g/mol. The SMILES string of the molecule is CC(C)(C)c1cnc(C(C)(C)CCC(C)(C)c2cnc(C(C)(C)C)nc2)nc1. The first-order valence-electron chi connectivity index (χ1n) is 10.3. The molecule has 0 radical (unpaired) electrons. The second-order valence-corrected chi connectivity index (χ2v) is 11.4. The molecule has 154 valence electrons. The fourth-order valence-corrected chi connectivity index (χ4v) is 3.01. The minimum absolute atomic E-state index is 0.000958. The average Bonchev–Trinajstić information content (AvgIpc) is 2.59. The number of nitrogens with zero attached hydrogens (tertiary/aromatic N) is 4. The highest BCUT2D eigenvalue weighted by Crippen LogP contribution is 2.35. The van der Waals surface area contributed by atoms with Gasteiger partial charge in [0.15, 0.2) is 0 Å². The van der Waals surface area contributed by atoms with Crippen LogP contribution in [0.15, 0.2) is 24.8 Å². The molecule has 0 saturated carbocycles. The molecule has 0 fully saturated rings. The Labute approximate surface area is 171 Å². The van der Waals surface area contributed by atoms with Gasteiger partial charge in [0.1, 0.15) is 11.6 Å². The van der Waals surface area contributed by atoms with Crippen LogP contribution in [0.1, 0.15) is 105 Å². The molecule has 2 rings (SSSR count). The zero-order valence-corrected chi connectivity index (χ0v) is 19.5. The van der Waals surface area contributed by atoms with Crippen molar-refractivity contribution in [3.05, 3.63) is 47.6 Å². The predicted octanol–water partition coefficient (Wildman–Crippen LogP) is 5.90. The minimum Gasteiger partial charge on any atom is -0.241 e. The summed E-state index contributed by atoms with van der Waals surface area (Å²) in [6.45, 7) is 22.0. The van der Waals surface area contributed by atoms with Crippen molar-refractivity contribution >= 4 is 0 Å². The van der Waals surface area contributed by atoms with Gasteiger partial charge in [-0.15, -0.1) is 0 Å². The highest BCUT2D eigenvalue weighted by molar-refractivity contribution is 5.20. The molecule has 4 nitrogen and oxygen atoms in total. The van der Waals surface area contributed by atoms with Gasteiger partial charge in [-0.3, -0.25) is 0 Å². The van der Waals surface area contributed by atoms with Gasteiger partial charge >= 0.3 is 0 Å². The van der Waals surface area contributed by atoms with Crippen LogP contribution in [0.25, 0.3) is 0 Å². The van der Waals surface area contributed by atoms with Crippen molar-refractivity contribution in [2.45, 2.75) is 104 Å². The van der Waals surface area contributed by atoms with E-state index in [9.17, 15) is 0 Å². The molecule has 2 aromatic rings. The Morgan fingerprint density at radius 3 is 1.32 bits per heavy atom. The summed E-state index contributed by atoms with van der Waals surface area (Å²) >= 11 is 0. The third-order valence-corrected chi connectivity index (χ3v) is 5.60. The first-order valence-corrected chi connectivity index (χ1v) is 10.3. The molecule has 0 aromatic carbocycles. The van der Waals surface area contributed by atoms with Crippen LogP contribution in [0.5, 0.6) is 0 Å². The lowest BCUT2D eigenvalue weighted by Crippen LogP contribution is -2.27. The molecule has 2 heterocycles. The van der Waals surface area contributed by atoms with Gasteiger partial charge in [0.05, 0.1) is 0 Å². The maximum atomic E-state index is 4.69. The lowest BCUT2D eigenvalue weighted by molar-refractivity contribution is 0.360. The predicted molar refractivity (Wildman–Crippen MR) is 117 cm³/mol. The molecule has 28 heavy (non-hydrogen) atoms. The first kappa shape index (κ1) is 22.4. The molecule has 0 bridgehead atoms. The summed E-state index contributed by atoms with van der Waals surface area (Å²) in [6, 6.07) is 0. The first-order chi connectivity index (χ1) is 12.6. The summed E-state index contributed by atoms with van der Waals surface area (Å²) in [5.41, 5.74) is 2.31. The van der Waals surface area contributed by atoms with Crippen molar-refractivity contribution in [2.75, 3.05) is 0 Å². The second-order valence-electron chi connectivity index (χ2n) is 11.4. The van der Waals surface area contributed by atoms with E-state index in [4.69, 9.17) is 9.97 Å². The Morgan fingerprint density at radius 2 is 0.893 bits per heavy atom. The standard InChI is InChI=1S/C24H38N4/c1-21(2,3)17-13-27-20(28-14-17)24(9,10)12-11-23(7,8)18-15-25-19(26-16-18)22(4,5)6/h13-16H,11-12H2,1-10H3. The highest BCUT2D eigenvalue weighted by Gasteiger charge is 2.30. The molecular formula is C24H38N4. The van der Waals surface area contributed by atoms with E-state index in [1.807, 2.05) is 24.8 Å². The van der Waals surface area contributed by atoms with E-state index in [1.54, 1.807) is 0 Å². The van der Waals surface area contributed by atoms with Crippen LogP contribution in [-0.2, 0) is 21.7 Å². The monoisotopic (exact) mass is 382 g/mol. The summed E-state index contributed by atoms with van der Waals surface area (Å²) < 4.78 is 0. The molecule has 0 spiro atoms. The molecular weight excluding hydrogens is 344 g/mol. The Balaban J connectivity index is 2.12. The minimum atomic E-state index is -0.0834. The maximum absolute atomic E-state index is 4.69. The van der Waals surface area contributed by atoms with Gasteiger partial charge in [0.2, 0.25) is 0 Å². The van der Waals surface area contributed by atoms with E-state index in [1.165, 1.54) is 11.1 Å². The molecule has 0 amide bonds. The molecule has 0 saturated heterocycles. The van der Waals surface area contributed by atoms with E-state index in [0.29, 0.717) is 0 Å². The molecule has 0 unspecified atom stereocenters. The van der Waals surface area contributed by atoms with Gasteiger partial charge in [-0.25, -0.2) is 19.9 Å². The summed E-state index contributed by atoms with van der Waals surface area (Å²) in [5, 5.41) is 0. The lowest BCUT2D eigenvalue weighted by Gasteiger charge is -2.31. The number of rotatable bonds is 5. The van der Waals surface area contributed by atoms with E-state index in [-0.39, 0.29) is 21.7 Å². The van der Waals surface area contributed by atoms with Crippen LogP contribution in [0.4, 0.5) is 0 Å². The van der Waals surface area contributed by atoms with Crippen LogP contribution in [0.2, 0.25) is 0 Å². The van der Waals surface area contributed by atoms with Crippen molar-refractivity contribution in [2.24, 2.45) is 0 Å². The number of hydrogen-bond acceptors (Lipinski definition) is 4. The van der Waals surface area contributed by atoms with Gasteiger partial charge < -0.3 is 0 Å². The fraction of sp³-hybridized carbons (Fsp3) is 0.667. The molecule has 0 N–H and O–H groups in total. The van der Waals surface area contributed by atoms with Gasteiger partial charge in [-0.05, 0) is 34.8 Å². The fourth-order valence-electron chi connectivity index (χ4n) is 3.01. The normalized spacial score (nSPS) is 13.6. The summed E-state index contributed by atoms with van der Waals surface area (Å²) in [4.78, 5) is 18.6. The largest absolute Gasteiger partial charge is 0.241 e. The number of hydrogen-bond donors (Lipinski definition) is 0. The van der Waals surface area contributed by atoms with Crippen LogP contribution in [0, 0.1) is 0 Å². The van der Waals surface area contributed by atoms with Crippen LogP contribution in [-0.4, -0.2) is 19.9 Å². The summed E-state index contributed by atoms with van der Waals surface area (Å²) in [7, 11) is 0. The van der Waals surface area contributed by atoms with E-state index in [2.05, 4.69) is 79.2 Å². The lowest BCUT2D eigenvalue weighted by atomic mass is 9.75. The molecule has 0 aliphatic carbocycles. The molecule has 4 heteroatoms. The zero-order chi connectivity index (χ0) is 21.4. The molecule has 0 atom stereocenters. The smallest absolute Gasteiger partial charge is 0.133 e. The van der Waals surface area contributed by atoms with Gasteiger partial charge in [0, 0.05) is 35.6 Å². The van der Waals surface area contributed by atoms with Gasteiger partial charge in [-0.2, -0.15) is 0 Å². The van der Waals surface area contributed by atoms with E-state index in [0.717, 1.165) is 24.5 Å². The number of aromatic nitrogens is 4. The van der Waals surface area contributed by atoms with Crippen LogP contribution >= 0.6 is 0 Å². The Bertz CT molecular complexity index is 704. The van der Waals surface area contributed by atoms with Crippen LogP contribution in [0.3, 0.4) is 0 Å². The van der Waals surface area contributed by atoms with Crippen LogP contribution < -0.4 is 0 Å². The van der Waals surface area contributed by atoms with Crippen molar-refractivity contribution in [1.29, 1.82) is 0 Å². The van der Waals surface area contributed by atoms with Crippen molar-refractivity contribution in [1.82, 2.24) is 19.9 Å². The Morgan fingerprint density at radius 1 is 0.500 bits per heavy atom. The molecule has 0 aliphatic rings. The molecule has 0 aliphatic heterocycles. The second kappa shape index (κ2) is 7.53. The third kappa shape index (κ3) is 5.36. The van der Waals surface area contributed by atoms with Gasteiger partial charge in [0.25, 0.3) is 0 Å². The Kier molecular flexibility index (Phi) is 6.04. The summed E-state index contributed by atoms with van der Waals surface area (Å²) in [6.07, 6.45) is 9.96. The quantitative estimate of drug-likeness (QED) is 0.646. The van der Waals surface area contributed by atoms with Crippen molar-refractivity contribution < 1.29 is 0 Å². The maximum Gasteiger partial charge on any atom is 0.133 e. The summed E-state index contributed by atoms with van der Waals surface area (Å²) in [5.74, 6) is 1.80.